The van der Waals surface area contributed by atoms with E-state index in [9.17, 15) is 4.79 Å². The number of rotatable bonds is 9. The summed E-state index contributed by atoms with van der Waals surface area (Å²) < 4.78 is 20.4. The summed E-state index contributed by atoms with van der Waals surface area (Å²) in [6.45, 7) is 2.47. The topological polar surface area (TPSA) is 73.8 Å². The fourth-order valence-corrected chi connectivity index (χ4v) is 1.84. The van der Waals surface area contributed by atoms with Crippen molar-refractivity contribution in [2.75, 3.05) is 20.3 Å². The molecule has 2 rings (SSSR count). The molecular formula is C15H19NO5. The number of furan rings is 2. The molecule has 21 heavy (non-hydrogen) atoms. The lowest BCUT2D eigenvalue weighted by molar-refractivity contribution is 0.0563. The van der Waals surface area contributed by atoms with E-state index in [0.717, 1.165) is 24.3 Å². The van der Waals surface area contributed by atoms with Crippen molar-refractivity contribution in [3.05, 3.63) is 47.8 Å². The molecule has 0 aromatic carbocycles. The number of carbonyl (C=O) groups is 1. The van der Waals surface area contributed by atoms with Crippen LogP contribution < -0.4 is 5.32 Å². The lowest BCUT2D eigenvalue weighted by Crippen LogP contribution is -2.17. The molecule has 1 N–H and O–H groups in total. The van der Waals surface area contributed by atoms with E-state index >= 15 is 0 Å². The average molecular weight is 293 g/mol. The Morgan fingerprint density at radius 2 is 2.19 bits per heavy atom. The summed E-state index contributed by atoms with van der Waals surface area (Å²) in [4.78, 5) is 11.4. The summed E-state index contributed by atoms with van der Waals surface area (Å²) >= 11 is 0. The Hall–Kier alpha value is -2.05. The van der Waals surface area contributed by atoms with Gasteiger partial charge in [-0.3, -0.25) is 0 Å². The van der Waals surface area contributed by atoms with Gasteiger partial charge in [0.2, 0.25) is 5.76 Å². The number of hydrogen-bond donors (Lipinski definition) is 1. The first kappa shape index (κ1) is 15.3. The second-order valence-corrected chi connectivity index (χ2v) is 4.43. The van der Waals surface area contributed by atoms with Crippen LogP contribution in [0.25, 0.3) is 0 Å². The standard InChI is InChI=1S/C15H19NO5/c1-18-15(17)14-12(5-9-21-14)10-16-6-3-7-19-11-13-4-2-8-20-13/h2,4-5,8-9,16H,3,6-7,10-11H2,1H3. The molecule has 114 valence electrons. The highest BCUT2D eigenvalue weighted by atomic mass is 16.5. The predicted octanol–water partition coefficient (Wildman–Crippen LogP) is 2.36. The Bertz CT molecular complexity index is 532. The minimum Gasteiger partial charge on any atom is -0.467 e. The zero-order valence-corrected chi connectivity index (χ0v) is 12.0. The van der Waals surface area contributed by atoms with E-state index in [2.05, 4.69) is 10.1 Å². The highest BCUT2D eigenvalue weighted by molar-refractivity contribution is 5.87. The average Bonchev–Trinajstić information content (AvgIpc) is 3.16. The molecule has 0 aliphatic carbocycles. The van der Waals surface area contributed by atoms with Crippen molar-refractivity contribution in [2.45, 2.75) is 19.6 Å². The van der Waals surface area contributed by atoms with Gasteiger partial charge in [-0.2, -0.15) is 0 Å². The number of carbonyl (C=O) groups excluding carboxylic acids is 1. The van der Waals surface area contributed by atoms with Gasteiger partial charge in [-0.1, -0.05) is 0 Å². The van der Waals surface area contributed by atoms with Crippen LogP contribution in [-0.4, -0.2) is 26.2 Å². The molecule has 0 unspecified atom stereocenters. The molecule has 0 spiro atoms. The summed E-state index contributed by atoms with van der Waals surface area (Å²) in [5.41, 5.74) is 0.790. The van der Waals surface area contributed by atoms with E-state index in [1.165, 1.54) is 13.4 Å². The van der Waals surface area contributed by atoms with Crippen molar-refractivity contribution in [1.29, 1.82) is 0 Å². The molecule has 6 nitrogen and oxygen atoms in total. The first-order valence-electron chi connectivity index (χ1n) is 6.77. The molecule has 0 aliphatic heterocycles. The van der Waals surface area contributed by atoms with Gasteiger partial charge in [-0.05, 0) is 31.2 Å². The SMILES string of the molecule is COC(=O)c1occc1CNCCCOCc1ccco1. The van der Waals surface area contributed by atoms with Crippen LogP contribution in [0.3, 0.4) is 0 Å². The number of hydrogen-bond acceptors (Lipinski definition) is 6. The molecular weight excluding hydrogens is 274 g/mol. The molecule has 0 amide bonds. The summed E-state index contributed by atoms with van der Waals surface area (Å²) in [7, 11) is 1.33. The van der Waals surface area contributed by atoms with E-state index in [-0.39, 0.29) is 5.76 Å². The number of methoxy groups -OCH3 is 1. The normalized spacial score (nSPS) is 10.7. The Labute approximate surface area is 123 Å². The molecule has 0 atom stereocenters. The lowest BCUT2D eigenvalue weighted by atomic mass is 10.2. The largest absolute Gasteiger partial charge is 0.467 e. The van der Waals surface area contributed by atoms with E-state index in [1.807, 2.05) is 12.1 Å². The third-order valence-electron chi connectivity index (χ3n) is 2.90. The first-order chi connectivity index (χ1) is 10.3. The molecule has 6 heteroatoms. The van der Waals surface area contributed by atoms with Crippen molar-refractivity contribution in [1.82, 2.24) is 5.32 Å². The molecule has 2 heterocycles. The third kappa shape index (κ3) is 4.77. The summed E-state index contributed by atoms with van der Waals surface area (Å²) in [5.74, 6) is 0.613. The zero-order chi connectivity index (χ0) is 14.9. The fraction of sp³-hybridized carbons (Fsp3) is 0.400. The summed E-state index contributed by atoms with van der Waals surface area (Å²) in [6.07, 6.45) is 3.98. The number of ether oxygens (including phenoxy) is 2. The molecule has 0 bridgehead atoms. The maximum Gasteiger partial charge on any atom is 0.374 e. The van der Waals surface area contributed by atoms with Gasteiger partial charge in [-0.15, -0.1) is 0 Å². The van der Waals surface area contributed by atoms with Crippen LogP contribution >= 0.6 is 0 Å². The molecule has 2 aromatic rings. The van der Waals surface area contributed by atoms with E-state index in [1.54, 1.807) is 12.3 Å². The lowest BCUT2D eigenvalue weighted by Gasteiger charge is -2.05. The van der Waals surface area contributed by atoms with Crippen molar-refractivity contribution < 1.29 is 23.1 Å². The first-order valence-corrected chi connectivity index (χ1v) is 6.77. The van der Waals surface area contributed by atoms with Gasteiger partial charge in [0.15, 0.2) is 0 Å². The van der Waals surface area contributed by atoms with Crippen molar-refractivity contribution in [3.8, 4) is 0 Å². The van der Waals surface area contributed by atoms with Crippen LogP contribution in [0, 0.1) is 0 Å². The minimum atomic E-state index is -0.460. The van der Waals surface area contributed by atoms with Gasteiger partial charge < -0.3 is 23.6 Å². The van der Waals surface area contributed by atoms with E-state index in [4.69, 9.17) is 13.6 Å². The van der Waals surface area contributed by atoms with Gasteiger partial charge in [0.1, 0.15) is 12.4 Å². The van der Waals surface area contributed by atoms with Crippen molar-refractivity contribution in [3.63, 3.8) is 0 Å². The Balaban J connectivity index is 1.57. The second kappa shape index (κ2) is 8.28. The van der Waals surface area contributed by atoms with Crippen molar-refractivity contribution >= 4 is 5.97 Å². The highest BCUT2D eigenvalue weighted by Crippen LogP contribution is 2.11. The zero-order valence-electron chi connectivity index (χ0n) is 12.0. The van der Waals surface area contributed by atoms with Crippen LogP contribution in [0.15, 0.2) is 39.6 Å². The monoisotopic (exact) mass is 293 g/mol. The predicted molar refractivity (Wildman–Crippen MR) is 74.7 cm³/mol. The minimum absolute atomic E-state index is 0.249. The second-order valence-electron chi connectivity index (χ2n) is 4.43. The van der Waals surface area contributed by atoms with Crippen LogP contribution in [0.5, 0.6) is 0 Å². The van der Waals surface area contributed by atoms with E-state index < -0.39 is 5.97 Å². The Kier molecular flexibility index (Phi) is 6.05. The Morgan fingerprint density at radius 1 is 1.29 bits per heavy atom. The van der Waals surface area contributed by atoms with Gasteiger partial charge in [0.05, 0.1) is 19.6 Å². The highest BCUT2D eigenvalue weighted by Gasteiger charge is 2.14. The van der Waals surface area contributed by atoms with Crippen LogP contribution in [-0.2, 0) is 22.6 Å². The van der Waals surface area contributed by atoms with Crippen molar-refractivity contribution in [2.24, 2.45) is 0 Å². The molecule has 0 saturated heterocycles. The molecule has 0 radical (unpaired) electrons. The Morgan fingerprint density at radius 3 is 2.95 bits per heavy atom. The fourth-order valence-electron chi connectivity index (χ4n) is 1.84. The third-order valence-corrected chi connectivity index (χ3v) is 2.90. The number of esters is 1. The maximum absolute atomic E-state index is 11.4. The van der Waals surface area contributed by atoms with Crippen LogP contribution in [0.1, 0.15) is 28.3 Å². The summed E-state index contributed by atoms with van der Waals surface area (Å²) in [6, 6.07) is 5.47. The van der Waals surface area contributed by atoms with Gasteiger partial charge in [-0.25, -0.2) is 4.79 Å². The van der Waals surface area contributed by atoms with Gasteiger partial charge >= 0.3 is 5.97 Å². The quantitative estimate of drug-likeness (QED) is 0.565. The maximum atomic E-state index is 11.4. The van der Waals surface area contributed by atoms with Crippen LogP contribution in [0.2, 0.25) is 0 Å². The smallest absolute Gasteiger partial charge is 0.374 e. The molecule has 0 saturated carbocycles. The molecule has 0 aliphatic rings. The summed E-state index contributed by atoms with van der Waals surface area (Å²) in [5, 5.41) is 3.23. The molecule has 2 aromatic heterocycles. The number of nitrogens with one attached hydrogen (secondary N) is 1. The molecule has 0 fully saturated rings. The van der Waals surface area contributed by atoms with E-state index in [0.29, 0.717) is 19.8 Å². The van der Waals surface area contributed by atoms with Gasteiger partial charge in [0, 0.05) is 18.7 Å². The van der Waals surface area contributed by atoms with Gasteiger partial charge in [0.25, 0.3) is 0 Å². The van der Waals surface area contributed by atoms with Crippen LogP contribution in [0.4, 0.5) is 0 Å².